The largest absolute Gasteiger partial charge is 0.480 e. The van der Waals surface area contributed by atoms with Crippen molar-refractivity contribution in [3.8, 4) is 0 Å². The zero-order chi connectivity index (χ0) is 83.7. The second kappa shape index (κ2) is 32.5. The summed E-state index contributed by atoms with van der Waals surface area (Å²) in [5.41, 5.74) is 11.8. The molecule has 12 bridgehead atoms. The van der Waals surface area contributed by atoms with Crippen LogP contribution in [-0.4, -0.2) is 137 Å². The first kappa shape index (κ1) is 82.5. The lowest BCUT2D eigenvalue weighted by Gasteiger charge is -2.46. The second-order valence-electron chi connectivity index (χ2n) is 38.5. The number of benzene rings is 4. The zero-order valence-corrected chi connectivity index (χ0v) is 71.5. The number of aliphatic hydroxyl groups excluding tert-OH is 1. The Labute approximate surface area is 705 Å². The monoisotopic (exact) mass is 1630 g/mol. The van der Waals surface area contributed by atoms with Crippen LogP contribution in [-0.2, 0) is 93.1 Å². The highest BCUT2D eigenvalue weighted by Crippen LogP contribution is 2.53. The van der Waals surface area contributed by atoms with Crippen molar-refractivity contribution in [1.29, 1.82) is 0 Å². The number of fused-ring (bicyclic) bond motifs is 4. The molecule has 4 spiro atoms. The smallest absolute Gasteiger partial charge is 0.348 e. The molecule has 120 heavy (non-hydrogen) atoms. The number of carbonyl (C=O) groups is 7. The van der Waals surface area contributed by atoms with E-state index in [1.165, 1.54) is 22.3 Å². The highest BCUT2D eigenvalue weighted by molar-refractivity contribution is 6.18. The lowest BCUT2D eigenvalue weighted by Crippen LogP contribution is -2.51. The van der Waals surface area contributed by atoms with Gasteiger partial charge >= 0.3 is 41.8 Å². The van der Waals surface area contributed by atoms with Crippen molar-refractivity contribution in [3.05, 3.63) is 178 Å². The molecule has 632 valence electrons. The fourth-order valence-electron chi connectivity index (χ4n) is 23.0. The van der Waals surface area contributed by atoms with Crippen LogP contribution in [0, 0.1) is 23.7 Å². The molecule has 4 aromatic carbocycles. The van der Waals surface area contributed by atoms with E-state index in [1.807, 2.05) is 6.08 Å². The van der Waals surface area contributed by atoms with E-state index in [9.17, 15) is 38.7 Å². The molecule has 29 rings (SSSR count). The Hall–Kier alpha value is -9.85. The van der Waals surface area contributed by atoms with E-state index in [-0.39, 0.29) is 62.2 Å². The van der Waals surface area contributed by atoms with Gasteiger partial charge in [-0.25, -0.2) is 33.6 Å². The van der Waals surface area contributed by atoms with Gasteiger partial charge in [0.25, 0.3) is 29.1 Å². The Morgan fingerprint density at radius 2 is 0.533 bits per heavy atom. The lowest BCUT2D eigenvalue weighted by atomic mass is 9.70. The van der Waals surface area contributed by atoms with Crippen molar-refractivity contribution < 1.29 is 94.9 Å². The van der Waals surface area contributed by atoms with Crippen molar-refractivity contribution in [1.82, 2.24) is 0 Å². The van der Waals surface area contributed by atoms with E-state index in [0.717, 1.165) is 149 Å². The van der Waals surface area contributed by atoms with Gasteiger partial charge < -0.3 is 43.0 Å². The van der Waals surface area contributed by atoms with Gasteiger partial charge in [0.2, 0.25) is 22.7 Å². The Kier molecular flexibility index (Phi) is 22.3. The number of hydrogen-bond donors (Lipinski definition) is 1. The minimum atomic E-state index is -1.34. The van der Waals surface area contributed by atoms with Crippen molar-refractivity contribution in [2.45, 2.75) is 299 Å². The molecule has 0 radical (unpaired) electrons. The van der Waals surface area contributed by atoms with Crippen LogP contribution < -0.4 is 0 Å². The summed E-state index contributed by atoms with van der Waals surface area (Å²) in [6, 6.07) is 33.8. The fraction of sp³-hybridized carbons (Fsp3) is 0.550. The van der Waals surface area contributed by atoms with Crippen molar-refractivity contribution >= 4 is 87.4 Å². The molecule has 1 N–H and O–H groups in total. The molecule has 0 amide bonds. The Morgan fingerprint density at radius 1 is 0.292 bits per heavy atom. The maximum atomic E-state index is 14.1. The summed E-state index contributed by atoms with van der Waals surface area (Å²) in [5.74, 6) is -9.28. The number of aliphatic hydroxyl groups is 1. The van der Waals surface area contributed by atoms with Gasteiger partial charge in [-0.2, -0.15) is 18.3 Å². The van der Waals surface area contributed by atoms with Gasteiger partial charge in [-0.3, -0.25) is 0 Å². The van der Waals surface area contributed by atoms with E-state index in [2.05, 4.69) is 171 Å². The summed E-state index contributed by atoms with van der Waals surface area (Å²) in [4.78, 5) is 98.7. The summed E-state index contributed by atoms with van der Waals surface area (Å²) in [6.07, 6.45) is 30.4. The quantitative estimate of drug-likeness (QED) is 0.0747. The average Bonchev–Trinajstić information content (AvgIpc) is 1.61. The van der Waals surface area contributed by atoms with Crippen LogP contribution in [0.5, 0.6) is 0 Å². The van der Waals surface area contributed by atoms with Crippen LogP contribution in [0.25, 0.3) is 0 Å². The number of hydrogen-bond acceptors (Lipinski definition) is 16. The molecule has 20 heteroatoms. The summed E-state index contributed by atoms with van der Waals surface area (Å²) < 4.78 is 59.0. The van der Waals surface area contributed by atoms with Crippen LogP contribution in [0.3, 0.4) is 0 Å². The summed E-state index contributed by atoms with van der Waals surface area (Å²) in [5, 5.41) is 11.6. The first-order valence-electron chi connectivity index (χ1n) is 45.1. The molecule has 0 atom stereocenters. The molecule has 4 saturated carbocycles. The number of ether oxygens (including phenoxy) is 8. The number of para-hydroxylation sites is 4. The first-order chi connectivity index (χ1) is 57.6. The molecule has 3 saturated heterocycles. The maximum Gasteiger partial charge on any atom is 0.348 e. The van der Waals surface area contributed by atoms with Crippen molar-refractivity contribution in [2.24, 2.45) is 23.7 Å². The van der Waals surface area contributed by atoms with Crippen molar-refractivity contribution in [3.63, 3.8) is 0 Å². The average molecular weight is 1630 g/mol. The maximum absolute atomic E-state index is 14.1. The molecule has 4 aromatic rings. The molecule has 0 aromatic heterocycles. The Morgan fingerprint density at radius 3 is 0.825 bits per heavy atom. The molecule has 21 aliphatic heterocycles. The van der Waals surface area contributed by atoms with E-state index in [1.54, 1.807) is 24.3 Å². The topological polar surface area (TPSA) is 226 Å². The third-order valence-corrected chi connectivity index (χ3v) is 30.0. The van der Waals surface area contributed by atoms with Gasteiger partial charge in [-0.05, 0) is 162 Å². The van der Waals surface area contributed by atoms with E-state index < -0.39 is 76.3 Å². The molecular formula is C100H120N4O16+4. The van der Waals surface area contributed by atoms with Crippen LogP contribution in [0.4, 0.5) is 22.7 Å². The number of nitrogens with zero attached hydrogens (tertiary/aromatic N) is 4. The molecule has 21 heterocycles. The third kappa shape index (κ3) is 15.4. The number of esters is 7. The summed E-state index contributed by atoms with van der Waals surface area (Å²) >= 11 is 0. The molecule has 20 nitrogen and oxygen atoms in total. The second-order valence-corrected chi connectivity index (χ2v) is 38.5. The van der Waals surface area contributed by atoms with Gasteiger partial charge in [0, 0.05) is 149 Å². The zero-order valence-electron chi connectivity index (χ0n) is 71.5. The SMILES string of the molecule is CC1(C)C2=[N+](CCCCCCCC[N+]3=C(CC=C4C(=O)OC5(CCC(CC5)C5CCC6(CC5)OC(=O)C(=CCC5=[N+](CCCCCCCC[N+]7=C(CC=C8C(=O)OC9(CCC(CC9)C9CCC%10(CC9)OC(=O)C(=C(O)O%10)C=C2)OC8=O)C(C)(C)c2ccccc27)c2ccccc2C5(C)C)C(=O)O6)OC4=O)C(C)(C)c2ccccc23)c2ccccc21. The minimum absolute atomic E-state index is 0.0241. The lowest BCUT2D eigenvalue weighted by molar-refractivity contribution is -0.440. The summed E-state index contributed by atoms with van der Waals surface area (Å²) in [7, 11) is 0. The van der Waals surface area contributed by atoms with Gasteiger partial charge in [0.05, 0.1) is 21.7 Å². The van der Waals surface area contributed by atoms with Crippen LogP contribution in [0.15, 0.2) is 156 Å². The predicted molar refractivity (Wildman–Crippen MR) is 452 cm³/mol. The Balaban J connectivity index is 0.574. The van der Waals surface area contributed by atoms with E-state index in [4.69, 9.17) is 37.9 Å². The van der Waals surface area contributed by atoms with Crippen LogP contribution >= 0.6 is 0 Å². The van der Waals surface area contributed by atoms with Gasteiger partial charge in [0.15, 0.2) is 22.8 Å². The number of rotatable bonds is 0. The van der Waals surface area contributed by atoms with Gasteiger partial charge in [-0.15, -0.1) is 0 Å². The standard InChI is InChI=1S/C100H119N4O16/c1-93(2)73-29-17-21-33-77(73)101-61-25-13-9-10-14-26-62-102-78-34-22-18-30-74(78)94(3,4)82(102)42-38-70-87(107)117-99(118-88(70)108)57-49-67(50-58-99)68-51-59-100(60-52-68)119-91(111)72(92(112)120-100)40-44-84-96(7,8)76-32-20-24-36-80(76)104(84)64-28-16-12-11-15-27-63-103-79-35-23-19-31-75(79)95(5,6)83(103)43-39-71-89(109)115-98(116-90(71)110)55-47-66(48-56-98)65-45-53-97(54-46-65)113-85(105)69(86(106)114-97)37-41-81(93)101/h17-24,29-41,65-68H,9-16,25-28,42-64H2,1-8H3/q+3/p+1. The molecule has 0 unspecified atom stereocenters. The highest BCUT2D eigenvalue weighted by atomic mass is 16.8. The van der Waals surface area contributed by atoms with Gasteiger partial charge in [0.1, 0.15) is 48.5 Å². The number of allylic oxidation sites excluding steroid dienone is 4. The molecular weight excluding hydrogens is 1510 g/mol. The number of carbonyl (C=O) groups excluding carboxylic acids is 7. The first-order valence-corrected chi connectivity index (χ1v) is 45.1. The molecule has 4 aliphatic carbocycles. The Bertz CT molecular complexity index is 5060. The summed E-state index contributed by atoms with van der Waals surface area (Å²) in [6.45, 7) is 20.7. The normalized spacial score (nSPS) is 30.5. The van der Waals surface area contributed by atoms with Crippen LogP contribution in [0.2, 0.25) is 0 Å². The predicted octanol–water partition coefficient (Wildman–Crippen LogP) is 18.7. The van der Waals surface area contributed by atoms with E-state index >= 15 is 0 Å². The van der Waals surface area contributed by atoms with Crippen molar-refractivity contribution in [2.75, 3.05) is 26.2 Å². The highest BCUT2D eigenvalue weighted by Gasteiger charge is 2.57. The fourth-order valence-corrected chi connectivity index (χ4v) is 23.0. The van der Waals surface area contributed by atoms with E-state index in [0.29, 0.717) is 122 Å². The molecule has 7 fully saturated rings. The minimum Gasteiger partial charge on any atom is -0.480 e. The van der Waals surface area contributed by atoms with Gasteiger partial charge in [-0.1, -0.05) is 117 Å². The molecule has 25 aliphatic rings. The van der Waals surface area contributed by atoms with Crippen LogP contribution in [0.1, 0.15) is 277 Å². The third-order valence-electron chi connectivity index (χ3n) is 30.0.